The Labute approximate surface area is 118 Å². The molecule has 1 amide bonds. The summed E-state index contributed by atoms with van der Waals surface area (Å²) in [6.45, 7) is 4.40. The summed E-state index contributed by atoms with van der Waals surface area (Å²) in [5, 5.41) is 2.86. The number of carbonyl (C=O) groups is 1. The second-order valence-electron chi connectivity index (χ2n) is 4.43. The van der Waals surface area contributed by atoms with Gasteiger partial charge in [0.25, 0.3) is 5.91 Å². The van der Waals surface area contributed by atoms with Gasteiger partial charge >= 0.3 is 0 Å². The summed E-state index contributed by atoms with van der Waals surface area (Å²) in [5.41, 5.74) is 8.65. The molecule has 0 aliphatic rings. The van der Waals surface area contributed by atoms with Gasteiger partial charge in [-0.25, -0.2) is 0 Å². The largest absolute Gasteiger partial charge is 0.494 e. The van der Waals surface area contributed by atoms with Crippen LogP contribution in [0.1, 0.15) is 22.8 Å². The average Bonchev–Trinajstić information content (AvgIpc) is 2.45. The minimum atomic E-state index is -0.165. The quantitative estimate of drug-likeness (QED) is 0.838. The van der Waals surface area contributed by atoms with E-state index >= 15 is 0 Å². The fourth-order valence-corrected chi connectivity index (χ4v) is 1.85. The Morgan fingerprint density at radius 2 is 1.90 bits per heavy atom. The molecule has 0 aliphatic carbocycles. The first-order chi connectivity index (χ1) is 9.61. The summed E-state index contributed by atoms with van der Waals surface area (Å²) >= 11 is 0. The predicted molar refractivity (Wildman–Crippen MR) is 81.2 cm³/mol. The molecule has 2 aromatic rings. The molecule has 0 spiro atoms. The summed E-state index contributed by atoms with van der Waals surface area (Å²) in [4.78, 5) is 12.2. The number of rotatable bonds is 4. The van der Waals surface area contributed by atoms with Crippen molar-refractivity contribution < 1.29 is 9.53 Å². The van der Waals surface area contributed by atoms with E-state index in [1.54, 1.807) is 24.3 Å². The normalized spacial score (nSPS) is 10.1. The Bertz CT molecular complexity index is 606. The highest BCUT2D eigenvalue weighted by Gasteiger charge is 2.08. The van der Waals surface area contributed by atoms with Crippen LogP contribution in [0.15, 0.2) is 42.5 Å². The highest BCUT2D eigenvalue weighted by molar-refractivity contribution is 6.05. The van der Waals surface area contributed by atoms with Crippen molar-refractivity contribution in [1.29, 1.82) is 0 Å². The molecule has 0 saturated carbocycles. The highest BCUT2D eigenvalue weighted by atomic mass is 16.5. The van der Waals surface area contributed by atoms with E-state index in [0.717, 1.165) is 17.0 Å². The lowest BCUT2D eigenvalue weighted by Crippen LogP contribution is -2.13. The molecule has 0 fully saturated rings. The fraction of sp³-hybridized carbons (Fsp3) is 0.188. The Morgan fingerprint density at radius 1 is 1.20 bits per heavy atom. The molecular formula is C16H18N2O2. The van der Waals surface area contributed by atoms with Gasteiger partial charge in [-0.15, -0.1) is 0 Å². The third kappa shape index (κ3) is 3.09. The van der Waals surface area contributed by atoms with E-state index in [-0.39, 0.29) is 5.91 Å². The van der Waals surface area contributed by atoms with Gasteiger partial charge in [0.1, 0.15) is 5.75 Å². The van der Waals surface area contributed by atoms with Crippen LogP contribution in [-0.2, 0) is 0 Å². The molecule has 0 atom stereocenters. The first-order valence-corrected chi connectivity index (χ1v) is 6.51. The van der Waals surface area contributed by atoms with Gasteiger partial charge in [0.2, 0.25) is 0 Å². The molecule has 4 nitrogen and oxygen atoms in total. The summed E-state index contributed by atoms with van der Waals surface area (Å²) in [6.07, 6.45) is 0. The lowest BCUT2D eigenvalue weighted by Gasteiger charge is -2.10. The van der Waals surface area contributed by atoms with Crippen molar-refractivity contribution >= 4 is 17.3 Å². The van der Waals surface area contributed by atoms with Gasteiger partial charge in [0.05, 0.1) is 6.61 Å². The number of benzene rings is 2. The number of nitrogens with two attached hydrogens (primary N) is 1. The van der Waals surface area contributed by atoms with Crippen LogP contribution in [0.2, 0.25) is 0 Å². The van der Waals surface area contributed by atoms with E-state index in [4.69, 9.17) is 10.5 Å². The van der Waals surface area contributed by atoms with Gasteiger partial charge in [0.15, 0.2) is 0 Å². The van der Waals surface area contributed by atoms with Crippen LogP contribution in [0.25, 0.3) is 0 Å². The van der Waals surface area contributed by atoms with Gasteiger partial charge in [-0.2, -0.15) is 0 Å². The standard InChI is InChI=1S/C16H18N2O2/c1-3-20-13-9-7-12(8-10-13)16(19)18-15-6-4-5-14(17)11(15)2/h4-10H,3,17H2,1-2H3,(H,18,19). The first kappa shape index (κ1) is 13.9. The number of nitrogens with one attached hydrogen (secondary N) is 1. The number of hydrogen-bond acceptors (Lipinski definition) is 3. The maximum atomic E-state index is 12.2. The van der Waals surface area contributed by atoms with Crippen LogP contribution in [0.5, 0.6) is 5.75 Å². The lowest BCUT2D eigenvalue weighted by atomic mass is 10.1. The summed E-state index contributed by atoms with van der Waals surface area (Å²) < 4.78 is 5.35. The third-order valence-corrected chi connectivity index (χ3v) is 3.05. The summed E-state index contributed by atoms with van der Waals surface area (Å²) in [6, 6.07) is 12.5. The zero-order valence-electron chi connectivity index (χ0n) is 11.6. The Hall–Kier alpha value is -2.49. The number of amides is 1. The number of anilines is 2. The SMILES string of the molecule is CCOc1ccc(C(=O)Nc2cccc(N)c2C)cc1. The molecule has 4 heteroatoms. The van der Waals surface area contributed by atoms with Gasteiger partial charge < -0.3 is 15.8 Å². The Kier molecular flexibility index (Phi) is 4.25. The van der Waals surface area contributed by atoms with E-state index in [1.807, 2.05) is 32.0 Å². The van der Waals surface area contributed by atoms with Crippen LogP contribution in [-0.4, -0.2) is 12.5 Å². The predicted octanol–water partition coefficient (Wildman–Crippen LogP) is 3.23. The van der Waals surface area contributed by atoms with E-state index in [1.165, 1.54) is 0 Å². The number of hydrogen-bond donors (Lipinski definition) is 2. The maximum Gasteiger partial charge on any atom is 0.255 e. The number of ether oxygens (including phenoxy) is 1. The molecule has 0 bridgehead atoms. The monoisotopic (exact) mass is 270 g/mol. The lowest BCUT2D eigenvalue weighted by molar-refractivity contribution is 0.102. The topological polar surface area (TPSA) is 64.3 Å². The van der Waals surface area contributed by atoms with Crippen LogP contribution < -0.4 is 15.8 Å². The van der Waals surface area contributed by atoms with E-state index in [0.29, 0.717) is 17.9 Å². The van der Waals surface area contributed by atoms with Crippen molar-refractivity contribution in [2.45, 2.75) is 13.8 Å². The fourth-order valence-electron chi connectivity index (χ4n) is 1.85. The molecule has 3 N–H and O–H groups in total. The average molecular weight is 270 g/mol. The van der Waals surface area contributed by atoms with E-state index < -0.39 is 0 Å². The van der Waals surface area contributed by atoms with Crippen molar-refractivity contribution in [3.8, 4) is 5.75 Å². The molecule has 0 aromatic heterocycles. The van der Waals surface area contributed by atoms with E-state index in [2.05, 4.69) is 5.32 Å². The molecule has 0 aliphatic heterocycles. The molecular weight excluding hydrogens is 252 g/mol. The minimum Gasteiger partial charge on any atom is -0.494 e. The molecule has 0 heterocycles. The highest BCUT2D eigenvalue weighted by Crippen LogP contribution is 2.21. The van der Waals surface area contributed by atoms with Crippen LogP contribution >= 0.6 is 0 Å². The van der Waals surface area contributed by atoms with Crippen molar-refractivity contribution in [2.75, 3.05) is 17.7 Å². The molecule has 2 aromatic carbocycles. The van der Waals surface area contributed by atoms with Crippen LogP contribution in [0, 0.1) is 6.92 Å². The van der Waals surface area contributed by atoms with Crippen LogP contribution in [0.3, 0.4) is 0 Å². The molecule has 20 heavy (non-hydrogen) atoms. The van der Waals surface area contributed by atoms with Crippen LogP contribution in [0.4, 0.5) is 11.4 Å². The number of carbonyl (C=O) groups excluding carboxylic acids is 1. The first-order valence-electron chi connectivity index (χ1n) is 6.51. The van der Waals surface area contributed by atoms with Crippen molar-refractivity contribution in [3.63, 3.8) is 0 Å². The third-order valence-electron chi connectivity index (χ3n) is 3.05. The van der Waals surface area contributed by atoms with E-state index in [9.17, 15) is 4.79 Å². The van der Waals surface area contributed by atoms with Crippen molar-refractivity contribution in [1.82, 2.24) is 0 Å². The van der Waals surface area contributed by atoms with Gasteiger partial charge in [-0.3, -0.25) is 4.79 Å². The summed E-state index contributed by atoms with van der Waals surface area (Å²) in [5.74, 6) is 0.589. The van der Waals surface area contributed by atoms with Gasteiger partial charge in [0, 0.05) is 16.9 Å². The summed E-state index contributed by atoms with van der Waals surface area (Å²) in [7, 11) is 0. The number of nitrogen functional groups attached to an aromatic ring is 1. The van der Waals surface area contributed by atoms with Gasteiger partial charge in [-0.1, -0.05) is 6.07 Å². The molecule has 2 rings (SSSR count). The second kappa shape index (κ2) is 6.10. The second-order valence-corrected chi connectivity index (χ2v) is 4.43. The van der Waals surface area contributed by atoms with Crippen molar-refractivity contribution in [3.05, 3.63) is 53.6 Å². The zero-order chi connectivity index (χ0) is 14.5. The molecule has 104 valence electrons. The van der Waals surface area contributed by atoms with Crippen molar-refractivity contribution in [2.24, 2.45) is 0 Å². The Morgan fingerprint density at radius 3 is 2.55 bits per heavy atom. The maximum absolute atomic E-state index is 12.2. The molecule has 0 unspecified atom stereocenters. The minimum absolute atomic E-state index is 0.165. The molecule has 0 saturated heterocycles. The molecule has 0 radical (unpaired) electrons. The van der Waals surface area contributed by atoms with Gasteiger partial charge in [-0.05, 0) is 55.8 Å². The smallest absolute Gasteiger partial charge is 0.255 e. The Balaban J connectivity index is 2.13. The zero-order valence-corrected chi connectivity index (χ0v) is 11.6.